The Morgan fingerprint density at radius 2 is 1.44 bits per heavy atom. The Kier molecular flexibility index (Phi) is 11.0. The van der Waals surface area contributed by atoms with Crippen LogP contribution in [0.4, 0.5) is 0 Å². The Balaban J connectivity index is 2.96. The molecule has 0 unspecified atom stereocenters. The lowest BCUT2D eigenvalue weighted by Gasteiger charge is -2.07. The summed E-state index contributed by atoms with van der Waals surface area (Å²) in [4.78, 5) is 0. The molecule has 0 atom stereocenters. The number of hydrogen-bond acceptors (Lipinski definition) is 1. The maximum absolute atomic E-state index is 3.93. The SMILES string of the molecule is C=C(C)CCCCCCCCCNC(C)C. The molecule has 1 nitrogen and oxygen atoms in total. The Morgan fingerprint density at radius 3 is 1.94 bits per heavy atom. The molecule has 0 saturated heterocycles. The third kappa shape index (κ3) is 13.7. The molecule has 0 aromatic carbocycles. The summed E-state index contributed by atoms with van der Waals surface area (Å²) >= 11 is 0. The van der Waals surface area contributed by atoms with Gasteiger partial charge >= 0.3 is 0 Å². The molecule has 0 rings (SSSR count). The summed E-state index contributed by atoms with van der Waals surface area (Å²) in [5.41, 5.74) is 1.33. The molecule has 0 bridgehead atoms. The van der Waals surface area contributed by atoms with Crippen LogP contribution in [0.5, 0.6) is 0 Å². The highest BCUT2D eigenvalue weighted by atomic mass is 14.9. The molecule has 0 saturated carbocycles. The van der Waals surface area contributed by atoms with Crippen molar-refractivity contribution in [3.63, 3.8) is 0 Å². The zero-order valence-corrected chi connectivity index (χ0v) is 11.6. The molecule has 0 heterocycles. The predicted octanol–water partition coefficient (Wildman–Crippen LogP) is 4.68. The van der Waals surface area contributed by atoms with Gasteiger partial charge in [0.15, 0.2) is 0 Å². The molecule has 96 valence electrons. The van der Waals surface area contributed by atoms with Crippen molar-refractivity contribution in [2.45, 2.75) is 78.2 Å². The lowest BCUT2D eigenvalue weighted by molar-refractivity contribution is 0.529. The quantitative estimate of drug-likeness (QED) is 0.397. The molecule has 0 aliphatic carbocycles. The van der Waals surface area contributed by atoms with Gasteiger partial charge in [0.25, 0.3) is 0 Å². The van der Waals surface area contributed by atoms with E-state index in [1.807, 2.05) is 0 Å². The third-order valence-electron chi connectivity index (χ3n) is 2.83. The van der Waals surface area contributed by atoms with Crippen LogP contribution >= 0.6 is 0 Å². The van der Waals surface area contributed by atoms with E-state index in [1.165, 1.54) is 63.5 Å². The first-order valence-electron chi connectivity index (χ1n) is 7.00. The molecule has 1 N–H and O–H groups in total. The van der Waals surface area contributed by atoms with Crippen molar-refractivity contribution in [3.8, 4) is 0 Å². The van der Waals surface area contributed by atoms with E-state index < -0.39 is 0 Å². The first-order valence-corrected chi connectivity index (χ1v) is 7.00. The second-order valence-electron chi connectivity index (χ2n) is 5.29. The average molecular weight is 225 g/mol. The van der Waals surface area contributed by atoms with Crippen molar-refractivity contribution in [2.24, 2.45) is 0 Å². The van der Waals surface area contributed by atoms with Crippen LogP contribution in [0, 0.1) is 0 Å². The predicted molar refractivity (Wildman–Crippen MR) is 74.9 cm³/mol. The maximum Gasteiger partial charge on any atom is 0.00103 e. The van der Waals surface area contributed by atoms with Crippen LogP contribution in [-0.2, 0) is 0 Å². The zero-order chi connectivity index (χ0) is 12.2. The smallest absolute Gasteiger partial charge is 0.00103 e. The van der Waals surface area contributed by atoms with Crippen molar-refractivity contribution < 1.29 is 0 Å². The summed E-state index contributed by atoms with van der Waals surface area (Å²) in [5, 5.41) is 3.46. The van der Waals surface area contributed by atoms with Gasteiger partial charge in [-0.3, -0.25) is 0 Å². The van der Waals surface area contributed by atoms with Gasteiger partial charge in [-0.25, -0.2) is 0 Å². The summed E-state index contributed by atoms with van der Waals surface area (Å²) < 4.78 is 0. The van der Waals surface area contributed by atoms with Crippen LogP contribution in [-0.4, -0.2) is 12.6 Å². The highest BCUT2D eigenvalue weighted by molar-refractivity contribution is 4.86. The van der Waals surface area contributed by atoms with Gasteiger partial charge in [0.05, 0.1) is 0 Å². The minimum Gasteiger partial charge on any atom is -0.315 e. The molecule has 0 aliphatic heterocycles. The molecule has 16 heavy (non-hydrogen) atoms. The topological polar surface area (TPSA) is 12.0 Å². The van der Waals surface area contributed by atoms with Crippen molar-refractivity contribution in [1.82, 2.24) is 5.32 Å². The number of hydrogen-bond donors (Lipinski definition) is 1. The van der Waals surface area contributed by atoms with Gasteiger partial charge in [-0.2, -0.15) is 0 Å². The Bertz CT molecular complexity index is 161. The monoisotopic (exact) mass is 225 g/mol. The van der Waals surface area contributed by atoms with E-state index in [9.17, 15) is 0 Å². The van der Waals surface area contributed by atoms with E-state index in [2.05, 4.69) is 32.7 Å². The van der Waals surface area contributed by atoms with Crippen LogP contribution < -0.4 is 5.32 Å². The van der Waals surface area contributed by atoms with Crippen molar-refractivity contribution >= 4 is 0 Å². The van der Waals surface area contributed by atoms with Gasteiger partial charge in [-0.05, 0) is 32.7 Å². The second-order valence-corrected chi connectivity index (χ2v) is 5.29. The fourth-order valence-electron chi connectivity index (χ4n) is 1.83. The lowest BCUT2D eigenvalue weighted by atomic mass is 10.1. The summed E-state index contributed by atoms with van der Waals surface area (Å²) in [7, 11) is 0. The maximum atomic E-state index is 3.93. The van der Waals surface area contributed by atoms with Crippen LogP contribution in [0.1, 0.15) is 72.1 Å². The van der Waals surface area contributed by atoms with Crippen molar-refractivity contribution in [1.29, 1.82) is 0 Å². The molecule has 0 fully saturated rings. The first-order chi connectivity index (χ1) is 7.63. The zero-order valence-electron chi connectivity index (χ0n) is 11.6. The van der Waals surface area contributed by atoms with Gasteiger partial charge in [0.2, 0.25) is 0 Å². The summed E-state index contributed by atoms with van der Waals surface area (Å²) in [6.07, 6.45) is 10.9. The van der Waals surface area contributed by atoms with E-state index in [4.69, 9.17) is 0 Å². The van der Waals surface area contributed by atoms with Crippen LogP contribution in [0.25, 0.3) is 0 Å². The molecule has 0 radical (unpaired) electrons. The highest BCUT2D eigenvalue weighted by Gasteiger charge is 1.94. The second kappa shape index (κ2) is 11.2. The van der Waals surface area contributed by atoms with E-state index >= 15 is 0 Å². The normalized spacial score (nSPS) is 11.0. The first kappa shape index (κ1) is 15.7. The van der Waals surface area contributed by atoms with Gasteiger partial charge in [0.1, 0.15) is 0 Å². The van der Waals surface area contributed by atoms with E-state index in [-0.39, 0.29) is 0 Å². The third-order valence-corrected chi connectivity index (χ3v) is 2.83. The van der Waals surface area contributed by atoms with Crippen molar-refractivity contribution in [2.75, 3.05) is 6.54 Å². The lowest BCUT2D eigenvalue weighted by Crippen LogP contribution is -2.23. The summed E-state index contributed by atoms with van der Waals surface area (Å²) in [6, 6.07) is 0.641. The van der Waals surface area contributed by atoms with Crippen LogP contribution in [0.2, 0.25) is 0 Å². The summed E-state index contributed by atoms with van der Waals surface area (Å²) in [5.74, 6) is 0. The number of nitrogens with one attached hydrogen (secondary N) is 1. The fraction of sp³-hybridized carbons (Fsp3) is 0.867. The Labute approximate surface area is 103 Å². The molecule has 0 spiro atoms. The number of unbranched alkanes of at least 4 members (excludes halogenated alkanes) is 6. The average Bonchev–Trinajstić information content (AvgIpc) is 2.20. The standard InChI is InChI=1S/C15H31N/c1-14(2)12-10-8-6-5-7-9-11-13-16-15(3)4/h15-16H,1,5-13H2,2-4H3. The molecular weight excluding hydrogens is 194 g/mol. The molecule has 1 heteroatoms. The molecule has 0 aromatic rings. The van der Waals surface area contributed by atoms with Gasteiger partial charge in [-0.1, -0.05) is 51.5 Å². The van der Waals surface area contributed by atoms with E-state index in [1.54, 1.807) is 0 Å². The Hall–Kier alpha value is -0.300. The largest absolute Gasteiger partial charge is 0.315 e. The van der Waals surface area contributed by atoms with Gasteiger partial charge < -0.3 is 5.32 Å². The van der Waals surface area contributed by atoms with Crippen LogP contribution in [0.3, 0.4) is 0 Å². The Morgan fingerprint density at radius 1 is 0.938 bits per heavy atom. The molecular formula is C15H31N. The minimum absolute atomic E-state index is 0.641. The van der Waals surface area contributed by atoms with E-state index in [0.717, 1.165) is 0 Å². The van der Waals surface area contributed by atoms with Gasteiger partial charge in [-0.15, -0.1) is 6.58 Å². The summed E-state index contributed by atoms with van der Waals surface area (Å²) in [6.45, 7) is 11.7. The molecule has 0 amide bonds. The minimum atomic E-state index is 0.641. The van der Waals surface area contributed by atoms with E-state index in [0.29, 0.717) is 6.04 Å². The highest BCUT2D eigenvalue weighted by Crippen LogP contribution is 2.10. The number of allylic oxidation sites excluding steroid dienone is 1. The van der Waals surface area contributed by atoms with Crippen LogP contribution in [0.15, 0.2) is 12.2 Å². The molecule has 0 aromatic heterocycles. The fourth-order valence-corrected chi connectivity index (χ4v) is 1.83. The van der Waals surface area contributed by atoms with Gasteiger partial charge in [0, 0.05) is 6.04 Å². The van der Waals surface area contributed by atoms with Crippen molar-refractivity contribution in [3.05, 3.63) is 12.2 Å². The molecule has 0 aliphatic rings. The number of rotatable bonds is 11.